The van der Waals surface area contributed by atoms with E-state index in [1.54, 1.807) is 24.3 Å². The van der Waals surface area contributed by atoms with E-state index in [9.17, 15) is 14.7 Å². The lowest BCUT2D eigenvalue weighted by Gasteiger charge is -2.10. The van der Waals surface area contributed by atoms with Gasteiger partial charge in [-0.1, -0.05) is 49.2 Å². The van der Waals surface area contributed by atoms with Crippen molar-refractivity contribution in [2.45, 2.75) is 32.7 Å². The van der Waals surface area contributed by atoms with Crippen LogP contribution in [-0.4, -0.2) is 36.3 Å². The quantitative estimate of drug-likeness (QED) is 0.312. The highest BCUT2D eigenvalue weighted by atomic mass is 79.9. The van der Waals surface area contributed by atoms with Gasteiger partial charge in [-0.15, -0.1) is 0 Å². The number of pyridine rings is 1. The Morgan fingerprint density at radius 3 is 2.72 bits per heavy atom. The maximum Gasteiger partial charge on any atom is 0.336 e. The molecule has 1 aromatic carbocycles. The second kappa shape index (κ2) is 9.26. The molecular formula is C23H20BrClN4O3. The smallest absolute Gasteiger partial charge is 0.336 e. The number of carbonyl (C=O) groups is 2. The first kappa shape index (κ1) is 22.2. The number of halogens is 2. The number of carboxylic acid groups (broad SMARTS) is 1. The van der Waals surface area contributed by atoms with Gasteiger partial charge >= 0.3 is 5.97 Å². The summed E-state index contributed by atoms with van der Waals surface area (Å²) in [6.07, 6.45) is 5.33. The maximum atomic E-state index is 11.7. The lowest BCUT2D eigenvalue weighted by atomic mass is 10.1. The van der Waals surface area contributed by atoms with E-state index in [-0.39, 0.29) is 10.7 Å². The Hall–Kier alpha value is -2.97. The minimum absolute atomic E-state index is 0.182. The molecule has 9 heteroatoms. The summed E-state index contributed by atoms with van der Waals surface area (Å²) in [4.78, 5) is 32.3. The molecule has 0 unspecified atom stereocenters. The van der Waals surface area contributed by atoms with Crippen molar-refractivity contribution in [2.24, 2.45) is 0 Å². The van der Waals surface area contributed by atoms with Gasteiger partial charge in [0, 0.05) is 18.2 Å². The van der Waals surface area contributed by atoms with Crippen LogP contribution in [0.1, 0.15) is 52.0 Å². The highest BCUT2D eigenvalue weighted by Crippen LogP contribution is 2.31. The minimum Gasteiger partial charge on any atom is -0.478 e. The van der Waals surface area contributed by atoms with Crippen LogP contribution in [0.2, 0.25) is 5.15 Å². The number of aldehydes is 1. The van der Waals surface area contributed by atoms with Gasteiger partial charge in [0.05, 0.1) is 12.1 Å². The Bertz CT molecular complexity index is 1330. The highest BCUT2D eigenvalue weighted by Gasteiger charge is 2.19. The monoisotopic (exact) mass is 514 g/mol. The molecule has 0 amide bonds. The molecule has 4 aromatic rings. The van der Waals surface area contributed by atoms with Gasteiger partial charge in [-0.05, 0) is 40.0 Å². The number of imidazole rings is 2. The Balaban J connectivity index is 1.76. The average Bonchev–Trinajstić information content (AvgIpc) is 3.27. The summed E-state index contributed by atoms with van der Waals surface area (Å²) in [7, 11) is 0. The number of hydrogen-bond acceptors (Lipinski definition) is 4. The average molecular weight is 516 g/mol. The number of fused-ring (bicyclic) bond motifs is 1. The Labute approximate surface area is 197 Å². The van der Waals surface area contributed by atoms with Gasteiger partial charge in [0.25, 0.3) is 0 Å². The molecule has 3 aromatic heterocycles. The van der Waals surface area contributed by atoms with Gasteiger partial charge in [0.15, 0.2) is 11.4 Å². The number of rotatable bonds is 8. The van der Waals surface area contributed by atoms with Crippen LogP contribution in [0.25, 0.3) is 16.9 Å². The molecule has 0 atom stereocenters. The first-order valence-corrected chi connectivity index (χ1v) is 11.3. The standard InChI is InChI=1S/C23H20BrClN4O3/c1-2-3-8-18-27-22(25)17(13-30)28(18)11-14-9-10-19-26-20(21(24)29(19)12-14)15-6-4-5-7-16(15)23(31)32/h4-7,9-10,12-13H,2-3,8,11H2,1H3,(H,31,32). The fourth-order valence-corrected chi connectivity index (χ4v) is 4.51. The van der Waals surface area contributed by atoms with Gasteiger partial charge in [-0.2, -0.15) is 0 Å². The van der Waals surface area contributed by atoms with Crippen LogP contribution in [0.3, 0.4) is 0 Å². The number of unbranched alkanes of at least 4 members (excludes halogenated alkanes) is 1. The Morgan fingerprint density at radius 2 is 2.00 bits per heavy atom. The van der Waals surface area contributed by atoms with E-state index in [1.165, 1.54) is 0 Å². The van der Waals surface area contributed by atoms with Crippen molar-refractivity contribution in [3.05, 3.63) is 75.0 Å². The van der Waals surface area contributed by atoms with E-state index in [0.29, 0.717) is 33.7 Å². The summed E-state index contributed by atoms with van der Waals surface area (Å²) in [5.74, 6) is -0.233. The van der Waals surface area contributed by atoms with Crippen LogP contribution in [0, 0.1) is 0 Å². The van der Waals surface area contributed by atoms with Crippen LogP contribution >= 0.6 is 27.5 Å². The SMILES string of the molecule is CCCCc1nc(Cl)c(C=O)n1Cc1ccc2nc(-c3ccccc3C(=O)O)c(Br)n2c1. The van der Waals surface area contributed by atoms with Crippen molar-refractivity contribution in [1.82, 2.24) is 18.9 Å². The molecular weight excluding hydrogens is 496 g/mol. The molecule has 164 valence electrons. The topological polar surface area (TPSA) is 89.5 Å². The predicted octanol–water partition coefficient (Wildman–Crippen LogP) is 5.52. The molecule has 1 N–H and O–H groups in total. The third-order valence-corrected chi connectivity index (χ3v) is 6.32. The number of aryl methyl sites for hydroxylation is 1. The first-order chi connectivity index (χ1) is 15.4. The van der Waals surface area contributed by atoms with Crippen molar-refractivity contribution < 1.29 is 14.7 Å². The second-order valence-corrected chi connectivity index (χ2v) is 8.49. The van der Waals surface area contributed by atoms with Crippen molar-refractivity contribution in [2.75, 3.05) is 0 Å². The molecule has 3 heterocycles. The van der Waals surface area contributed by atoms with Crippen molar-refractivity contribution in [3.8, 4) is 11.3 Å². The number of benzene rings is 1. The third-order valence-electron chi connectivity index (χ3n) is 5.28. The summed E-state index contributed by atoms with van der Waals surface area (Å²) in [5.41, 5.74) is 3.20. The van der Waals surface area contributed by atoms with E-state index in [0.717, 1.165) is 36.9 Å². The van der Waals surface area contributed by atoms with Crippen molar-refractivity contribution in [3.63, 3.8) is 0 Å². The van der Waals surface area contributed by atoms with Crippen molar-refractivity contribution in [1.29, 1.82) is 0 Å². The summed E-state index contributed by atoms with van der Waals surface area (Å²) in [6, 6.07) is 10.5. The third kappa shape index (κ3) is 4.08. The largest absolute Gasteiger partial charge is 0.478 e. The molecule has 0 aliphatic carbocycles. The number of aromatic carboxylic acids is 1. The number of hydrogen-bond donors (Lipinski definition) is 1. The Kier molecular flexibility index (Phi) is 6.43. The lowest BCUT2D eigenvalue weighted by molar-refractivity contribution is 0.0697. The van der Waals surface area contributed by atoms with Crippen molar-refractivity contribution >= 4 is 45.4 Å². The molecule has 32 heavy (non-hydrogen) atoms. The number of carbonyl (C=O) groups excluding carboxylic acids is 1. The van der Waals surface area contributed by atoms with Gasteiger partial charge in [0.1, 0.15) is 27.5 Å². The van der Waals surface area contributed by atoms with Crippen LogP contribution < -0.4 is 0 Å². The molecule has 0 saturated heterocycles. The molecule has 0 aliphatic rings. The number of nitrogens with zero attached hydrogens (tertiary/aromatic N) is 4. The van der Waals surface area contributed by atoms with E-state index in [2.05, 4.69) is 32.8 Å². The summed E-state index contributed by atoms with van der Waals surface area (Å²) in [5, 5.41) is 9.75. The summed E-state index contributed by atoms with van der Waals surface area (Å²) in [6.45, 7) is 2.52. The van der Waals surface area contributed by atoms with Crippen LogP contribution in [-0.2, 0) is 13.0 Å². The van der Waals surface area contributed by atoms with Gasteiger partial charge in [0.2, 0.25) is 0 Å². The second-order valence-electron chi connectivity index (χ2n) is 7.38. The van der Waals surface area contributed by atoms with E-state index >= 15 is 0 Å². The van der Waals surface area contributed by atoms with Gasteiger partial charge in [-0.3, -0.25) is 9.20 Å². The molecule has 0 saturated carbocycles. The van der Waals surface area contributed by atoms with Crippen LogP contribution in [0.4, 0.5) is 0 Å². The molecule has 0 spiro atoms. The van der Waals surface area contributed by atoms with E-state index in [4.69, 9.17) is 11.6 Å². The number of carboxylic acids is 1. The first-order valence-electron chi connectivity index (χ1n) is 10.1. The van der Waals surface area contributed by atoms with Gasteiger partial charge in [-0.25, -0.2) is 14.8 Å². The normalized spacial score (nSPS) is 11.2. The summed E-state index contributed by atoms with van der Waals surface area (Å²) < 4.78 is 4.35. The molecule has 7 nitrogen and oxygen atoms in total. The van der Waals surface area contributed by atoms with E-state index < -0.39 is 5.97 Å². The zero-order chi connectivity index (χ0) is 22.8. The zero-order valence-corrected chi connectivity index (χ0v) is 19.6. The van der Waals surface area contributed by atoms with Crippen LogP contribution in [0.5, 0.6) is 0 Å². The molecule has 4 rings (SSSR count). The van der Waals surface area contributed by atoms with Crippen LogP contribution in [0.15, 0.2) is 47.2 Å². The Morgan fingerprint density at radius 1 is 1.22 bits per heavy atom. The molecule has 0 bridgehead atoms. The zero-order valence-electron chi connectivity index (χ0n) is 17.3. The lowest BCUT2D eigenvalue weighted by Crippen LogP contribution is -2.09. The predicted molar refractivity (Wildman–Crippen MR) is 126 cm³/mol. The fourth-order valence-electron chi connectivity index (χ4n) is 3.68. The molecule has 0 radical (unpaired) electrons. The summed E-state index contributed by atoms with van der Waals surface area (Å²) >= 11 is 9.78. The molecule has 0 fully saturated rings. The van der Waals surface area contributed by atoms with Gasteiger partial charge < -0.3 is 9.67 Å². The maximum absolute atomic E-state index is 11.7. The minimum atomic E-state index is -1.01. The van der Waals surface area contributed by atoms with E-state index in [1.807, 2.05) is 27.3 Å². The molecule has 0 aliphatic heterocycles. The fraction of sp³-hybridized carbons (Fsp3) is 0.217. The number of aromatic nitrogens is 4. The highest BCUT2D eigenvalue weighted by molar-refractivity contribution is 9.10.